The molecule has 0 aliphatic rings. The van der Waals surface area contributed by atoms with E-state index in [-0.39, 0.29) is 24.0 Å². The van der Waals surface area contributed by atoms with Gasteiger partial charge in [0.15, 0.2) is 9.84 Å². The number of sulfone groups is 1. The van der Waals surface area contributed by atoms with Crippen molar-refractivity contribution < 1.29 is 13.5 Å². The minimum Gasteiger partial charge on any atom is -0.395 e. The summed E-state index contributed by atoms with van der Waals surface area (Å²) in [5.74, 6) is -0.104. The molecule has 68 valence electrons. The lowest BCUT2D eigenvalue weighted by molar-refractivity contribution is 0.319. The first kappa shape index (κ1) is 10.9. The highest BCUT2D eigenvalue weighted by molar-refractivity contribution is 7.91. The molecule has 3 N–H and O–H groups in total. The van der Waals surface area contributed by atoms with E-state index in [1.165, 1.54) is 0 Å². The van der Waals surface area contributed by atoms with Gasteiger partial charge in [0.05, 0.1) is 18.1 Å². The Labute approximate surface area is 67.3 Å². The molecule has 0 bridgehead atoms. The van der Waals surface area contributed by atoms with Crippen molar-refractivity contribution in [3.8, 4) is 0 Å². The molecule has 1 unspecified atom stereocenters. The van der Waals surface area contributed by atoms with Gasteiger partial charge in [0.2, 0.25) is 0 Å². The number of hydrogen-bond donors (Lipinski definition) is 2. The third-order valence-corrected chi connectivity index (χ3v) is 3.22. The van der Waals surface area contributed by atoms with Crippen LogP contribution in [-0.4, -0.2) is 38.2 Å². The molecule has 0 aromatic carbocycles. The largest absolute Gasteiger partial charge is 0.395 e. The second kappa shape index (κ2) is 4.69. The molecule has 0 saturated carbocycles. The standard InChI is InChI=1S/C6H15NO3S/c1-6(4-7)5-11(9,10)3-2-8/h6,8H,2-5,7H2,1H3. The van der Waals surface area contributed by atoms with Crippen LogP contribution in [0.25, 0.3) is 0 Å². The van der Waals surface area contributed by atoms with E-state index in [0.717, 1.165) is 0 Å². The summed E-state index contributed by atoms with van der Waals surface area (Å²) in [7, 11) is -3.07. The van der Waals surface area contributed by atoms with E-state index < -0.39 is 9.84 Å². The fraction of sp³-hybridized carbons (Fsp3) is 1.00. The molecule has 11 heavy (non-hydrogen) atoms. The van der Waals surface area contributed by atoms with E-state index in [4.69, 9.17) is 10.8 Å². The third kappa shape index (κ3) is 5.17. The average Bonchev–Trinajstić information content (AvgIpc) is 1.86. The highest BCUT2D eigenvalue weighted by Crippen LogP contribution is 1.99. The van der Waals surface area contributed by atoms with Crippen LogP contribution in [-0.2, 0) is 9.84 Å². The molecule has 0 radical (unpaired) electrons. The quantitative estimate of drug-likeness (QED) is 0.569. The summed E-state index contributed by atoms with van der Waals surface area (Å²) in [5, 5.41) is 8.38. The topological polar surface area (TPSA) is 80.4 Å². The third-order valence-electron chi connectivity index (χ3n) is 1.34. The molecule has 0 heterocycles. The van der Waals surface area contributed by atoms with Gasteiger partial charge in [-0.1, -0.05) is 6.92 Å². The zero-order chi connectivity index (χ0) is 8.91. The van der Waals surface area contributed by atoms with Gasteiger partial charge in [-0.05, 0) is 12.5 Å². The van der Waals surface area contributed by atoms with Crippen LogP contribution in [0.15, 0.2) is 0 Å². The number of aliphatic hydroxyl groups excluding tert-OH is 1. The summed E-state index contributed by atoms with van der Waals surface area (Å²) in [6.07, 6.45) is 0. The van der Waals surface area contributed by atoms with Gasteiger partial charge in [-0.3, -0.25) is 0 Å². The molecule has 0 aromatic heterocycles. The van der Waals surface area contributed by atoms with Crippen molar-refractivity contribution in [3.05, 3.63) is 0 Å². The molecule has 0 amide bonds. The number of rotatable bonds is 5. The van der Waals surface area contributed by atoms with Crippen LogP contribution in [0.1, 0.15) is 6.92 Å². The molecular formula is C6H15NO3S. The Morgan fingerprint density at radius 1 is 1.55 bits per heavy atom. The molecule has 0 rings (SSSR count). The van der Waals surface area contributed by atoms with Crippen LogP contribution < -0.4 is 5.73 Å². The van der Waals surface area contributed by atoms with Crippen molar-refractivity contribution in [3.63, 3.8) is 0 Å². The molecule has 5 heteroatoms. The minimum absolute atomic E-state index is 0.0217. The second-order valence-corrected chi connectivity index (χ2v) is 4.91. The van der Waals surface area contributed by atoms with E-state index in [1.807, 2.05) is 0 Å². The van der Waals surface area contributed by atoms with Crippen molar-refractivity contribution in [2.45, 2.75) is 6.92 Å². The molecule has 0 aromatic rings. The first-order chi connectivity index (χ1) is 5.02. The molecule has 0 spiro atoms. The Hall–Kier alpha value is -0.130. The van der Waals surface area contributed by atoms with Crippen LogP contribution in [0.5, 0.6) is 0 Å². The summed E-state index contributed by atoms with van der Waals surface area (Å²) >= 11 is 0. The van der Waals surface area contributed by atoms with Gasteiger partial charge in [-0.25, -0.2) is 8.42 Å². The molecule has 4 nitrogen and oxygen atoms in total. The second-order valence-electron chi connectivity index (χ2n) is 2.68. The van der Waals surface area contributed by atoms with Gasteiger partial charge < -0.3 is 10.8 Å². The van der Waals surface area contributed by atoms with Crippen molar-refractivity contribution in [2.24, 2.45) is 11.7 Å². The van der Waals surface area contributed by atoms with E-state index in [1.54, 1.807) is 6.92 Å². The lowest BCUT2D eigenvalue weighted by Gasteiger charge is -2.07. The maximum absolute atomic E-state index is 11.0. The van der Waals surface area contributed by atoms with Crippen molar-refractivity contribution in [1.29, 1.82) is 0 Å². The Morgan fingerprint density at radius 3 is 2.45 bits per heavy atom. The molecule has 0 aliphatic heterocycles. The minimum atomic E-state index is -3.07. The highest BCUT2D eigenvalue weighted by Gasteiger charge is 2.13. The van der Waals surface area contributed by atoms with Crippen molar-refractivity contribution in [2.75, 3.05) is 24.7 Å². The maximum Gasteiger partial charge on any atom is 0.152 e. The zero-order valence-corrected chi connectivity index (χ0v) is 7.47. The Balaban J connectivity index is 3.92. The molecule has 0 fully saturated rings. The average molecular weight is 181 g/mol. The van der Waals surface area contributed by atoms with Gasteiger partial charge in [0.25, 0.3) is 0 Å². The summed E-state index contributed by atoms with van der Waals surface area (Å²) in [6, 6.07) is 0. The molecule has 0 aliphatic carbocycles. The fourth-order valence-corrected chi connectivity index (χ4v) is 2.17. The first-order valence-electron chi connectivity index (χ1n) is 3.53. The van der Waals surface area contributed by atoms with Crippen LogP contribution in [0.3, 0.4) is 0 Å². The maximum atomic E-state index is 11.0. The first-order valence-corrected chi connectivity index (χ1v) is 5.35. The Kier molecular flexibility index (Phi) is 4.63. The van der Waals surface area contributed by atoms with Gasteiger partial charge in [-0.15, -0.1) is 0 Å². The smallest absolute Gasteiger partial charge is 0.152 e. The highest BCUT2D eigenvalue weighted by atomic mass is 32.2. The van der Waals surface area contributed by atoms with Gasteiger partial charge in [0.1, 0.15) is 0 Å². The van der Waals surface area contributed by atoms with Crippen LogP contribution in [0.4, 0.5) is 0 Å². The molecular weight excluding hydrogens is 166 g/mol. The van der Waals surface area contributed by atoms with Gasteiger partial charge >= 0.3 is 0 Å². The van der Waals surface area contributed by atoms with Crippen LogP contribution >= 0.6 is 0 Å². The predicted octanol–water partition coefficient (Wildman–Crippen LogP) is -1.01. The van der Waals surface area contributed by atoms with Crippen molar-refractivity contribution >= 4 is 9.84 Å². The zero-order valence-electron chi connectivity index (χ0n) is 6.66. The Morgan fingerprint density at radius 2 is 2.09 bits per heavy atom. The number of nitrogens with two attached hydrogens (primary N) is 1. The SMILES string of the molecule is CC(CN)CS(=O)(=O)CCO. The van der Waals surface area contributed by atoms with Gasteiger partial charge in [-0.2, -0.15) is 0 Å². The Bertz CT molecular complexity index is 188. The monoisotopic (exact) mass is 181 g/mol. The van der Waals surface area contributed by atoms with E-state index in [0.29, 0.717) is 6.54 Å². The lowest BCUT2D eigenvalue weighted by atomic mass is 10.2. The summed E-state index contributed by atoms with van der Waals surface area (Å²) in [4.78, 5) is 0. The lowest BCUT2D eigenvalue weighted by Crippen LogP contribution is -2.23. The number of aliphatic hydroxyl groups is 1. The summed E-state index contributed by atoms with van der Waals surface area (Å²) in [5.41, 5.74) is 5.25. The molecule has 0 saturated heterocycles. The fourth-order valence-electron chi connectivity index (χ4n) is 0.724. The summed E-state index contributed by atoms with van der Waals surface area (Å²) in [6.45, 7) is 1.83. The van der Waals surface area contributed by atoms with E-state index in [9.17, 15) is 8.42 Å². The van der Waals surface area contributed by atoms with Crippen molar-refractivity contribution in [1.82, 2.24) is 0 Å². The van der Waals surface area contributed by atoms with E-state index >= 15 is 0 Å². The summed E-state index contributed by atoms with van der Waals surface area (Å²) < 4.78 is 22.0. The predicted molar refractivity (Wildman–Crippen MR) is 44.0 cm³/mol. The van der Waals surface area contributed by atoms with E-state index in [2.05, 4.69) is 0 Å². The molecule has 1 atom stereocenters. The van der Waals surface area contributed by atoms with Crippen LogP contribution in [0.2, 0.25) is 0 Å². The van der Waals surface area contributed by atoms with Crippen LogP contribution in [0, 0.1) is 5.92 Å². The number of hydrogen-bond acceptors (Lipinski definition) is 4. The normalized spacial score (nSPS) is 14.8. The van der Waals surface area contributed by atoms with Gasteiger partial charge in [0, 0.05) is 0 Å².